The Bertz CT molecular complexity index is 675. The molecule has 2 amide bonds. The Hall–Kier alpha value is -2.14. The summed E-state index contributed by atoms with van der Waals surface area (Å²) in [5.74, 6) is -0.306. The number of rotatable bonds is 5. The minimum absolute atomic E-state index is 0.146. The molecule has 5 nitrogen and oxygen atoms in total. The predicted molar refractivity (Wildman–Crippen MR) is 98.7 cm³/mol. The quantitative estimate of drug-likeness (QED) is 0.770. The van der Waals surface area contributed by atoms with Crippen LogP contribution in [0.3, 0.4) is 0 Å². The van der Waals surface area contributed by atoms with Crippen LogP contribution in [0.2, 0.25) is 0 Å². The Morgan fingerprint density at radius 2 is 1.72 bits per heavy atom. The summed E-state index contributed by atoms with van der Waals surface area (Å²) in [6.45, 7) is 4.49. The van der Waals surface area contributed by atoms with E-state index in [0.29, 0.717) is 23.9 Å². The Morgan fingerprint density at radius 3 is 2.32 bits per heavy atom. The molecule has 0 radical (unpaired) electrons. The molecule has 134 valence electrons. The molecule has 2 heterocycles. The third-order valence-corrected chi connectivity index (χ3v) is 5.24. The topological polar surface area (TPSA) is 43.9 Å². The van der Waals surface area contributed by atoms with Gasteiger partial charge in [0.2, 0.25) is 0 Å². The van der Waals surface area contributed by atoms with Crippen LogP contribution in [0.4, 0.5) is 0 Å². The molecule has 5 heteroatoms. The maximum Gasteiger partial charge on any atom is 0.277 e. The van der Waals surface area contributed by atoms with Crippen molar-refractivity contribution in [2.75, 3.05) is 33.7 Å². The monoisotopic (exact) mass is 341 g/mol. The zero-order chi connectivity index (χ0) is 18.0. The average Bonchev–Trinajstić information content (AvgIpc) is 2.87. The summed E-state index contributed by atoms with van der Waals surface area (Å²) in [4.78, 5) is 31.8. The minimum Gasteiger partial charge on any atom is -0.366 e. The first-order valence-electron chi connectivity index (χ1n) is 9.11. The van der Waals surface area contributed by atoms with Gasteiger partial charge in [0.15, 0.2) is 0 Å². The van der Waals surface area contributed by atoms with Gasteiger partial charge in [0, 0.05) is 19.6 Å². The highest BCUT2D eigenvalue weighted by Gasteiger charge is 2.41. The number of amides is 2. The van der Waals surface area contributed by atoms with E-state index in [2.05, 4.69) is 16.8 Å². The van der Waals surface area contributed by atoms with Gasteiger partial charge >= 0.3 is 0 Å². The van der Waals surface area contributed by atoms with Crippen molar-refractivity contribution in [3.8, 4) is 0 Å². The summed E-state index contributed by atoms with van der Waals surface area (Å²) in [5, 5.41) is 0. The van der Waals surface area contributed by atoms with Gasteiger partial charge in [-0.25, -0.2) is 0 Å². The van der Waals surface area contributed by atoms with Gasteiger partial charge < -0.3 is 9.80 Å². The fourth-order valence-electron chi connectivity index (χ4n) is 3.75. The first-order chi connectivity index (χ1) is 12.0. The van der Waals surface area contributed by atoms with E-state index < -0.39 is 0 Å². The molecule has 0 saturated carbocycles. The van der Waals surface area contributed by atoms with Gasteiger partial charge in [0.05, 0.1) is 5.57 Å². The van der Waals surface area contributed by atoms with Crippen molar-refractivity contribution in [3.63, 3.8) is 0 Å². The highest BCUT2D eigenvalue weighted by atomic mass is 16.2. The fourth-order valence-corrected chi connectivity index (χ4v) is 3.75. The van der Waals surface area contributed by atoms with Gasteiger partial charge in [-0.3, -0.25) is 14.5 Å². The van der Waals surface area contributed by atoms with Crippen molar-refractivity contribution in [3.05, 3.63) is 41.6 Å². The standard InChI is InChI=1S/C20H27N3O2/c1-4-12-23-19(24)17(15-8-6-5-7-9-15)18(20(23)25)22(3)16-10-13-21(2)14-11-16/h5-9,16H,4,10-14H2,1-3H3. The van der Waals surface area contributed by atoms with Crippen LogP contribution >= 0.6 is 0 Å². The summed E-state index contributed by atoms with van der Waals surface area (Å²) >= 11 is 0. The molecule has 1 aromatic carbocycles. The highest BCUT2D eigenvalue weighted by molar-refractivity contribution is 6.35. The first-order valence-corrected chi connectivity index (χ1v) is 9.11. The molecule has 3 rings (SSSR count). The molecule has 0 atom stereocenters. The number of carbonyl (C=O) groups is 2. The number of hydrogen-bond donors (Lipinski definition) is 0. The maximum atomic E-state index is 13.0. The molecule has 0 N–H and O–H groups in total. The van der Waals surface area contributed by atoms with Crippen LogP contribution < -0.4 is 0 Å². The van der Waals surface area contributed by atoms with Crippen LogP contribution in [0.1, 0.15) is 31.7 Å². The molecule has 0 spiro atoms. The highest BCUT2D eigenvalue weighted by Crippen LogP contribution is 2.33. The molecule has 1 saturated heterocycles. The van der Waals surface area contributed by atoms with Crippen LogP contribution in [-0.2, 0) is 9.59 Å². The molecule has 1 aromatic rings. The van der Waals surface area contributed by atoms with Crippen LogP contribution in [0.5, 0.6) is 0 Å². The summed E-state index contributed by atoms with van der Waals surface area (Å²) in [7, 11) is 4.09. The van der Waals surface area contributed by atoms with Gasteiger partial charge in [-0.1, -0.05) is 37.3 Å². The number of piperidine rings is 1. The van der Waals surface area contributed by atoms with E-state index in [-0.39, 0.29) is 11.8 Å². The minimum atomic E-state index is -0.159. The first kappa shape index (κ1) is 17.7. The lowest BCUT2D eigenvalue weighted by molar-refractivity contribution is -0.137. The van der Waals surface area contributed by atoms with E-state index in [1.165, 1.54) is 4.90 Å². The molecule has 0 unspecified atom stereocenters. The van der Waals surface area contributed by atoms with Crippen molar-refractivity contribution >= 4 is 17.4 Å². The van der Waals surface area contributed by atoms with Crippen LogP contribution in [0, 0.1) is 0 Å². The lowest BCUT2D eigenvalue weighted by Gasteiger charge is -2.36. The number of benzene rings is 1. The van der Waals surface area contributed by atoms with E-state index in [4.69, 9.17) is 0 Å². The second-order valence-electron chi connectivity index (χ2n) is 7.00. The molecule has 2 aliphatic heterocycles. The van der Waals surface area contributed by atoms with Gasteiger partial charge in [-0.05, 0) is 45.0 Å². The number of likely N-dealkylation sites (tertiary alicyclic amines) is 1. The zero-order valence-corrected chi connectivity index (χ0v) is 15.4. The molecule has 2 aliphatic rings. The third-order valence-electron chi connectivity index (χ3n) is 5.24. The van der Waals surface area contributed by atoms with E-state index in [1.807, 2.05) is 44.3 Å². The molecule has 0 bridgehead atoms. The van der Waals surface area contributed by atoms with Crippen molar-refractivity contribution in [2.24, 2.45) is 0 Å². The van der Waals surface area contributed by atoms with Gasteiger partial charge in [0.1, 0.15) is 5.70 Å². The number of carbonyl (C=O) groups excluding carboxylic acids is 2. The second kappa shape index (κ2) is 7.40. The molecular weight excluding hydrogens is 314 g/mol. The number of nitrogens with zero attached hydrogens (tertiary/aromatic N) is 3. The Kier molecular flexibility index (Phi) is 5.23. The smallest absolute Gasteiger partial charge is 0.277 e. The lowest BCUT2D eigenvalue weighted by atomic mass is 10.0. The van der Waals surface area contributed by atoms with Crippen LogP contribution in [0.15, 0.2) is 36.0 Å². The maximum absolute atomic E-state index is 13.0. The van der Waals surface area contributed by atoms with Crippen molar-refractivity contribution in [2.45, 2.75) is 32.2 Å². The number of imide groups is 1. The normalized spacial score (nSPS) is 19.9. The molecule has 1 fully saturated rings. The average molecular weight is 341 g/mol. The SMILES string of the molecule is CCCN1C(=O)C(c2ccccc2)=C(N(C)C2CCN(C)CC2)C1=O. The lowest BCUT2D eigenvalue weighted by Crippen LogP contribution is -2.43. The van der Waals surface area contributed by atoms with Crippen LogP contribution in [-0.4, -0.2) is 66.3 Å². The fraction of sp³-hybridized carbons (Fsp3) is 0.500. The molecule has 25 heavy (non-hydrogen) atoms. The van der Waals surface area contributed by atoms with E-state index in [1.54, 1.807) is 0 Å². The summed E-state index contributed by atoms with van der Waals surface area (Å²) in [6.07, 6.45) is 2.78. The van der Waals surface area contributed by atoms with Gasteiger partial charge in [0.25, 0.3) is 11.8 Å². The predicted octanol–water partition coefficient (Wildman–Crippen LogP) is 2.20. The molecule has 0 aromatic heterocycles. The van der Waals surface area contributed by atoms with Crippen molar-refractivity contribution < 1.29 is 9.59 Å². The number of likely N-dealkylation sites (N-methyl/N-ethyl adjacent to an activating group) is 1. The van der Waals surface area contributed by atoms with Crippen molar-refractivity contribution in [1.29, 1.82) is 0 Å². The summed E-state index contributed by atoms with van der Waals surface area (Å²) in [6, 6.07) is 9.88. The Balaban J connectivity index is 1.99. The van der Waals surface area contributed by atoms with E-state index >= 15 is 0 Å². The zero-order valence-electron chi connectivity index (χ0n) is 15.4. The second-order valence-corrected chi connectivity index (χ2v) is 7.00. The molecule has 0 aliphatic carbocycles. The van der Waals surface area contributed by atoms with Crippen LogP contribution in [0.25, 0.3) is 5.57 Å². The summed E-state index contributed by atoms with van der Waals surface area (Å²) < 4.78 is 0. The molecular formula is C20H27N3O2. The van der Waals surface area contributed by atoms with Crippen molar-refractivity contribution in [1.82, 2.24) is 14.7 Å². The van der Waals surface area contributed by atoms with E-state index in [0.717, 1.165) is 37.9 Å². The largest absolute Gasteiger partial charge is 0.366 e. The van der Waals surface area contributed by atoms with E-state index in [9.17, 15) is 9.59 Å². The number of hydrogen-bond acceptors (Lipinski definition) is 4. The Labute approximate surface area is 149 Å². The summed E-state index contributed by atoms with van der Waals surface area (Å²) in [5.41, 5.74) is 1.95. The Morgan fingerprint density at radius 1 is 1.08 bits per heavy atom. The van der Waals surface area contributed by atoms with Gasteiger partial charge in [-0.2, -0.15) is 0 Å². The third kappa shape index (κ3) is 3.33. The van der Waals surface area contributed by atoms with Gasteiger partial charge in [-0.15, -0.1) is 0 Å².